The summed E-state index contributed by atoms with van der Waals surface area (Å²) >= 11 is 0. The fourth-order valence-corrected chi connectivity index (χ4v) is 4.11. The Morgan fingerprint density at radius 1 is 0.667 bits per heavy atom. The smallest absolute Gasteiger partial charge is 0.132 e. The third-order valence-electron chi connectivity index (χ3n) is 5.48. The Balaban J connectivity index is 1.83. The number of ether oxygens (including phenoxy) is 1. The molecule has 0 aliphatic carbocycles. The van der Waals surface area contributed by atoms with Gasteiger partial charge in [0.1, 0.15) is 11.5 Å². The van der Waals surface area contributed by atoms with Crippen LogP contribution in [0.25, 0.3) is 16.5 Å². The lowest BCUT2D eigenvalue weighted by atomic mass is 9.72. The molecule has 0 amide bonds. The maximum atomic E-state index is 6.40. The molecule has 1 nitrogen and oxygen atoms in total. The summed E-state index contributed by atoms with van der Waals surface area (Å²) in [5.41, 5.74) is 3.31. The van der Waals surface area contributed by atoms with E-state index >= 15 is 0 Å². The van der Waals surface area contributed by atoms with Gasteiger partial charge < -0.3 is 4.74 Å². The van der Waals surface area contributed by atoms with Crippen LogP contribution >= 0.6 is 0 Å². The second-order valence-electron chi connectivity index (χ2n) is 7.20. The molecule has 5 rings (SSSR count). The van der Waals surface area contributed by atoms with Crippen LogP contribution in [0.3, 0.4) is 0 Å². The number of hydrogen-bond acceptors (Lipinski definition) is 1. The van der Waals surface area contributed by atoms with Gasteiger partial charge in [-0.15, -0.1) is 0 Å². The van der Waals surface area contributed by atoms with Crippen LogP contribution < -0.4 is 4.74 Å². The van der Waals surface area contributed by atoms with E-state index in [0.717, 1.165) is 17.1 Å². The Morgan fingerprint density at radius 3 is 2.11 bits per heavy atom. The highest BCUT2D eigenvalue weighted by Gasteiger charge is 2.36. The Bertz CT molecular complexity index is 1140. The van der Waals surface area contributed by atoms with E-state index in [4.69, 9.17) is 4.74 Å². The van der Waals surface area contributed by atoms with Crippen molar-refractivity contribution in [1.29, 1.82) is 0 Å². The van der Waals surface area contributed by atoms with Crippen LogP contribution in [-0.4, -0.2) is 0 Å². The molecule has 0 saturated heterocycles. The van der Waals surface area contributed by atoms with Crippen molar-refractivity contribution in [3.63, 3.8) is 0 Å². The summed E-state index contributed by atoms with van der Waals surface area (Å²) in [7, 11) is 0. The molecular formula is C26H20O. The lowest BCUT2D eigenvalue weighted by Gasteiger charge is -2.35. The number of allylic oxidation sites excluding steroid dienone is 1. The van der Waals surface area contributed by atoms with Crippen LogP contribution in [0.4, 0.5) is 0 Å². The SMILES string of the molecule is CC1(c2ccccc2)C=C(c2ccccc2)Oc2ccc3ccccc3c21. The van der Waals surface area contributed by atoms with Gasteiger partial charge in [0.25, 0.3) is 0 Å². The van der Waals surface area contributed by atoms with E-state index in [1.54, 1.807) is 0 Å². The van der Waals surface area contributed by atoms with Crippen molar-refractivity contribution in [1.82, 2.24) is 0 Å². The van der Waals surface area contributed by atoms with E-state index in [0.29, 0.717) is 0 Å². The van der Waals surface area contributed by atoms with E-state index < -0.39 is 0 Å². The summed E-state index contributed by atoms with van der Waals surface area (Å²) in [6, 6.07) is 33.8. The Kier molecular flexibility index (Phi) is 3.61. The molecule has 0 N–H and O–H groups in total. The van der Waals surface area contributed by atoms with Gasteiger partial charge in [-0.1, -0.05) is 91.0 Å². The van der Waals surface area contributed by atoms with Crippen molar-refractivity contribution in [3.8, 4) is 5.75 Å². The quantitative estimate of drug-likeness (QED) is 0.397. The average Bonchev–Trinajstić information content (AvgIpc) is 2.74. The minimum atomic E-state index is -0.277. The highest BCUT2D eigenvalue weighted by atomic mass is 16.5. The molecule has 0 saturated carbocycles. The molecule has 1 aliphatic heterocycles. The topological polar surface area (TPSA) is 9.23 Å². The third kappa shape index (κ3) is 2.55. The first-order valence-corrected chi connectivity index (χ1v) is 9.29. The molecule has 1 heteroatoms. The van der Waals surface area contributed by atoms with Gasteiger partial charge >= 0.3 is 0 Å². The molecular weight excluding hydrogens is 328 g/mol. The highest BCUT2D eigenvalue weighted by molar-refractivity contribution is 5.91. The van der Waals surface area contributed by atoms with Crippen LogP contribution in [0, 0.1) is 0 Å². The van der Waals surface area contributed by atoms with Gasteiger partial charge in [-0.05, 0) is 35.4 Å². The number of hydrogen-bond donors (Lipinski definition) is 0. The molecule has 1 atom stereocenters. The molecule has 0 spiro atoms. The molecule has 1 aliphatic rings. The second-order valence-corrected chi connectivity index (χ2v) is 7.20. The van der Waals surface area contributed by atoms with E-state index in [9.17, 15) is 0 Å². The van der Waals surface area contributed by atoms with Crippen LogP contribution in [0.1, 0.15) is 23.6 Å². The first-order chi connectivity index (χ1) is 13.3. The number of fused-ring (bicyclic) bond motifs is 3. The minimum Gasteiger partial charge on any atom is -0.457 e. The first-order valence-electron chi connectivity index (χ1n) is 9.29. The zero-order valence-electron chi connectivity index (χ0n) is 15.2. The molecule has 27 heavy (non-hydrogen) atoms. The average molecular weight is 348 g/mol. The predicted octanol–water partition coefficient (Wildman–Crippen LogP) is 6.58. The third-order valence-corrected chi connectivity index (χ3v) is 5.48. The molecule has 130 valence electrons. The molecule has 1 heterocycles. The second kappa shape index (κ2) is 6.14. The minimum absolute atomic E-state index is 0.277. The van der Waals surface area contributed by atoms with E-state index in [2.05, 4.69) is 104 Å². The lowest BCUT2D eigenvalue weighted by Crippen LogP contribution is -2.26. The maximum absolute atomic E-state index is 6.40. The Morgan fingerprint density at radius 2 is 1.33 bits per heavy atom. The summed E-state index contributed by atoms with van der Waals surface area (Å²) in [6.45, 7) is 2.29. The van der Waals surface area contributed by atoms with Crippen molar-refractivity contribution >= 4 is 16.5 Å². The molecule has 4 aromatic carbocycles. The molecule has 1 unspecified atom stereocenters. The van der Waals surface area contributed by atoms with Crippen LogP contribution in [0.2, 0.25) is 0 Å². The van der Waals surface area contributed by atoms with Gasteiger partial charge in [-0.2, -0.15) is 0 Å². The largest absolute Gasteiger partial charge is 0.457 e. The fourth-order valence-electron chi connectivity index (χ4n) is 4.11. The van der Waals surface area contributed by atoms with Gasteiger partial charge in [0, 0.05) is 16.5 Å². The Hall–Kier alpha value is -3.32. The van der Waals surface area contributed by atoms with Crippen molar-refractivity contribution in [2.45, 2.75) is 12.3 Å². The van der Waals surface area contributed by atoms with Gasteiger partial charge in [-0.25, -0.2) is 0 Å². The highest BCUT2D eigenvalue weighted by Crippen LogP contribution is 2.48. The number of rotatable bonds is 2. The Labute approximate surface area is 159 Å². The van der Waals surface area contributed by atoms with Gasteiger partial charge in [-0.3, -0.25) is 0 Å². The van der Waals surface area contributed by atoms with Crippen molar-refractivity contribution in [2.75, 3.05) is 0 Å². The summed E-state index contributed by atoms with van der Waals surface area (Å²) in [6.07, 6.45) is 2.27. The van der Waals surface area contributed by atoms with Crippen LogP contribution in [-0.2, 0) is 5.41 Å². The van der Waals surface area contributed by atoms with Crippen LogP contribution in [0.15, 0.2) is 103 Å². The van der Waals surface area contributed by atoms with Gasteiger partial charge in [0.05, 0.1) is 0 Å². The monoisotopic (exact) mass is 348 g/mol. The van der Waals surface area contributed by atoms with E-state index in [1.807, 2.05) is 6.07 Å². The fraction of sp³-hybridized carbons (Fsp3) is 0.0769. The van der Waals surface area contributed by atoms with E-state index in [1.165, 1.54) is 21.9 Å². The molecule has 4 aromatic rings. The maximum Gasteiger partial charge on any atom is 0.132 e. The van der Waals surface area contributed by atoms with Crippen molar-refractivity contribution in [3.05, 3.63) is 120 Å². The summed E-state index contributed by atoms with van der Waals surface area (Å²) in [5, 5.41) is 2.48. The summed E-state index contributed by atoms with van der Waals surface area (Å²) < 4.78 is 6.40. The summed E-state index contributed by atoms with van der Waals surface area (Å²) in [4.78, 5) is 0. The summed E-state index contributed by atoms with van der Waals surface area (Å²) in [5.74, 6) is 1.84. The van der Waals surface area contributed by atoms with Gasteiger partial charge in [0.2, 0.25) is 0 Å². The molecule has 0 aromatic heterocycles. The molecule has 0 radical (unpaired) electrons. The molecule has 0 fully saturated rings. The zero-order chi connectivity index (χ0) is 18.3. The lowest BCUT2D eigenvalue weighted by molar-refractivity contribution is 0.472. The van der Waals surface area contributed by atoms with Crippen molar-refractivity contribution < 1.29 is 4.74 Å². The first kappa shape index (κ1) is 15.9. The van der Waals surface area contributed by atoms with Crippen molar-refractivity contribution in [2.24, 2.45) is 0 Å². The zero-order valence-corrected chi connectivity index (χ0v) is 15.2. The normalized spacial score (nSPS) is 18.5. The van der Waals surface area contributed by atoms with E-state index in [-0.39, 0.29) is 5.41 Å². The predicted molar refractivity (Wildman–Crippen MR) is 112 cm³/mol. The number of benzene rings is 4. The van der Waals surface area contributed by atoms with Gasteiger partial charge in [0.15, 0.2) is 0 Å². The van der Waals surface area contributed by atoms with Crippen LogP contribution in [0.5, 0.6) is 5.75 Å². The standard InChI is InChI=1S/C26H20O/c1-26(21-13-6-3-7-14-21)18-24(20-11-4-2-5-12-20)27-23-17-16-19-10-8-9-15-22(19)25(23)26/h2-18H,1H3. The molecule has 0 bridgehead atoms.